The molecule has 0 atom stereocenters. The molecule has 1 aromatic heterocycles. The van der Waals surface area contributed by atoms with Crippen LogP contribution in [0.2, 0.25) is 15.2 Å². The van der Waals surface area contributed by atoms with E-state index in [9.17, 15) is 4.39 Å². The van der Waals surface area contributed by atoms with Crippen LogP contribution >= 0.6 is 34.8 Å². The van der Waals surface area contributed by atoms with Crippen molar-refractivity contribution in [2.24, 2.45) is 0 Å². The highest BCUT2D eigenvalue weighted by atomic mass is 35.5. The zero-order valence-electron chi connectivity index (χ0n) is 9.29. The number of aromatic nitrogens is 1. The van der Waals surface area contributed by atoms with E-state index in [0.717, 1.165) is 0 Å². The molecule has 6 heteroatoms. The van der Waals surface area contributed by atoms with Crippen molar-refractivity contribution in [2.75, 3.05) is 11.9 Å². The summed E-state index contributed by atoms with van der Waals surface area (Å²) in [6, 6.07) is 7.79. The number of rotatable bonds is 2. The van der Waals surface area contributed by atoms with Crippen LogP contribution in [-0.4, -0.2) is 12.0 Å². The first-order valence-corrected chi connectivity index (χ1v) is 6.14. The van der Waals surface area contributed by atoms with Crippen molar-refractivity contribution in [1.29, 1.82) is 0 Å². The maximum atomic E-state index is 13.7. The fourth-order valence-electron chi connectivity index (χ4n) is 1.51. The van der Waals surface area contributed by atoms with Crippen LogP contribution in [0.3, 0.4) is 0 Å². The summed E-state index contributed by atoms with van der Waals surface area (Å²) in [6.07, 6.45) is 0. The first-order chi connectivity index (χ1) is 8.50. The largest absolute Gasteiger partial charge is 0.326 e. The molecule has 1 aromatic carbocycles. The van der Waals surface area contributed by atoms with E-state index >= 15 is 0 Å². The number of para-hydroxylation sites is 1. The van der Waals surface area contributed by atoms with Crippen LogP contribution in [0.15, 0.2) is 30.3 Å². The van der Waals surface area contributed by atoms with E-state index in [2.05, 4.69) is 4.98 Å². The molecule has 94 valence electrons. The molecule has 0 spiro atoms. The van der Waals surface area contributed by atoms with Crippen molar-refractivity contribution >= 4 is 46.3 Å². The molecule has 0 radical (unpaired) electrons. The van der Waals surface area contributed by atoms with Gasteiger partial charge >= 0.3 is 0 Å². The minimum atomic E-state index is -0.371. The summed E-state index contributed by atoms with van der Waals surface area (Å²) in [7, 11) is 1.65. The van der Waals surface area contributed by atoms with Crippen molar-refractivity contribution in [2.45, 2.75) is 0 Å². The summed E-state index contributed by atoms with van der Waals surface area (Å²) in [5, 5.41) is 0.682. The second-order valence-electron chi connectivity index (χ2n) is 3.58. The van der Waals surface area contributed by atoms with Crippen LogP contribution in [0, 0.1) is 5.82 Å². The average molecular weight is 306 g/mol. The van der Waals surface area contributed by atoms with Gasteiger partial charge in [-0.3, -0.25) is 0 Å². The Hall–Kier alpha value is -1.03. The van der Waals surface area contributed by atoms with Gasteiger partial charge in [0.2, 0.25) is 0 Å². The average Bonchev–Trinajstić information content (AvgIpc) is 2.33. The molecule has 0 N–H and O–H groups in total. The zero-order chi connectivity index (χ0) is 13.3. The molecule has 2 nitrogen and oxygen atoms in total. The quantitative estimate of drug-likeness (QED) is 0.730. The molecule has 1 heterocycles. The fourth-order valence-corrected chi connectivity index (χ4v) is 2.13. The van der Waals surface area contributed by atoms with Gasteiger partial charge in [-0.25, -0.2) is 9.37 Å². The van der Waals surface area contributed by atoms with Crippen molar-refractivity contribution in [1.82, 2.24) is 4.98 Å². The molecule has 0 fully saturated rings. The lowest BCUT2D eigenvalue weighted by molar-refractivity contribution is 0.627. The van der Waals surface area contributed by atoms with Gasteiger partial charge in [0.25, 0.3) is 0 Å². The van der Waals surface area contributed by atoms with Gasteiger partial charge in [0, 0.05) is 7.05 Å². The molecule has 2 rings (SSSR count). The minimum absolute atomic E-state index is 0.124. The van der Waals surface area contributed by atoms with Crippen LogP contribution < -0.4 is 4.90 Å². The third-order valence-corrected chi connectivity index (χ3v) is 3.35. The lowest BCUT2D eigenvalue weighted by Gasteiger charge is -2.20. The van der Waals surface area contributed by atoms with E-state index in [1.807, 2.05) is 0 Å². The van der Waals surface area contributed by atoms with Gasteiger partial charge in [0.1, 0.15) is 11.0 Å². The van der Waals surface area contributed by atoms with E-state index in [4.69, 9.17) is 34.8 Å². The Kier molecular flexibility index (Phi) is 3.95. The van der Waals surface area contributed by atoms with Crippen molar-refractivity contribution in [3.63, 3.8) is 0 Å². The molecule has 2 aromatic rings. The Morgan fingerprint density at radius 1 is 1.11 bits per heavy atom. The van der Waals surface area contributed by atoms with Gasteiger partial charge in [-0.05, 0) is 18.2 Å². The summed E-state index contributed by atoms with van der Waals surface area (Å²) in [4.78, 5) is 5.56. The van der Waals surface area contributed by atoms with Crippen LogP contribution in [0.5, 0.6) is 0 Å². The maximum absolute atomic E-state index is 13.7. The summed E-state index contributed by atoms with van der Waals surface area (Å²) in [5.74, 6) is -0.0277. The van der Waals surface area contributed by atoms with E-state index in [0.29, 0.717) is 16.5 Å². The SMILES string of the molecule is CN(c1ccccc1F)c1nc(Cl)c(Cl)cc1Cl. The van der Waals surface area contributed by atoms with Crippen LogP contribution in [0.25, 0.3) is 0 Å². The Bertz CT molecular complexity index is 590. The molecule has 0 saturated carbocycles. The van der Waals surface area contributed by atoms with E-state index in [1.54, 1.807) is 25.2 Å². The fraction of sp³-hybridized carbons (Fsp3) is 0.0833. The summed E-state index contributed by atoms with van der Waals surface area (Å²) >= 11 is 17.7. The van der Waals surface area contributed by atoms with E-state index in [-0.39, 0.29) is 16.0 Å². The number of nitrogens with zero attached hydrogens (tertiary/aromatic N) is 2. The molecule has 0 amide bonds. The Morgan fingerprint density at radius 3 is 2.44 bits per heavy atom. The highest BCUT2D eigenvalue weighted by molar-refractivity contribution is 6.43. The number of benzene rings is 1. The number of hydrogen-bond donors (Lipinski definition) is 0. The summed E-state index contributed by atoms with van der Waals surface area (Å²) in [5.41, 5.74) is 0.352. The van der Waals surface area contributed by atoms with Gasteiger partial charge in [-0.15, -0.1) is 0 Å². The number of hydrogen-bond acceptors (Lipinski definition) is 2. The summed E-state index contributed by atoms with van der Waals surface area (Å²) in [6.45, 7) is 0. The van der Waals surface area contributed by atoms with Gasteiger partial charge in [-0.1, -0.05) is 46.9 Å². The topological polar surface area (TPSA) is 16.1 Å². The number of anilines is 2. The molecule has 0 bridgehead atoms. The first-order valence-electron chi connectivity index (χ1n) is 5.00. The lowest BCUT2D eigenvalue weighted by atomic mass is 10.3. The van der Waals surface area contributed by atoms with Crippen LogP contribution in [-0.2, 0) is 0 Å². The standard InChI is InChI=1S/C12H8Cl3FN2/c1-18(10-5-3-2-4-9(10)16)12-8(14)6-7(13)11(15)17-12/h2-6H,1H3. The number of halogens is 4. The normalized spacial score (nSPS) is 10.5. The Morgan fingerprint density at radius 2 is 1.78 bits per heavy atom. The van der Waals surface area contributed by atoms with E-state index in [1.165, 1.54) is 17.0 Å². The third kappa shape index (κ3) is 2.53. The monoisotopic (exact) mass is 304 g/mol. The predicted octanol–water partition coefficient (Wildman–Crippen LogP) is 4.95. The van der Waals surface area contributed by atoms with Crippen molar-refractivity contribution in [3.05, 3.63) is 51.3 Å². The second-order valence-corrected chi connectivity index (χ2v) is 4.75. The molecule has 0 aliphatic carbocycles. The van der Waals surface area contributed by atoms with Gasteiger partial charge < -0.3 is 4.90 Å². The summed E-state index contributed by atoms with van der Waals surface area (Å²) < 4.78 is 13.7. The second kappa shape index (κ2) is 5.31. The number of pyridine rings is 1. The lowest BCUT2D eigenvalue weighted by Crippen LogP contribution is -2.13. The first kappa shape index (κ1) is 13.4. The Balaban J connectivity index is 2.50. The van der Waals surface area contributed by atoms with Gasteiger partial charge in [-0.2, -0.15) is 0 Å². The molecule has 0 aliphatic rings. The molecule has 0 saturated heterocycles. The molecular weight excluding hydrogens is 298 g/mol. The molecule has 0 aliphatic heterocycles. The molecule has 18 heavy (non-hydrogen) atoms. The van der Waals surface area contributed by atoms with E-state index < -0.39 is 0 Å². The highest BCUT2D eigenvalue weighted by Gasteiger charge is 2.15. The minimum Gasteiger partial charge on any atom is -0.326 e. The predicted molar refractivity (Wildman–Crippen MR) is 73.7 cm³/mol. The van der Waals surface area contributed by atoms with Gasteiger partial charge in [0.15, 0.2) is 5.82 Å². The smallest absolute Gasteiger partial charge is 0.153 e. The Labute approximate surface area is 119 Å². The zero-order valence-corrected chi connectivity index (χ0v) is 11.6. The van der Waals surface area contributed by atoms with Crippen molar-refractivity contribution < 1.29 is 4.39 Å². The van der Waals surface area contributed by atoms with Crippen LogP contribution in [0.1, 0.15) is 0 Å². The van der Waals surface area contributed by atoms with Crippen LogP contribution in [0.4, 0.5) is 15.9 Å². The maximum Gasteiger partial charge on any atom is 0.153 e. The molecule has 0 unspecified atom stereocenters. The third-order valence-electron chi connectivity index (χ3n) is 2.40. The molecular formula is C12H8Cl3FN2. The van der Waals surface area contributed by atoms with Gasteiger partial charge in [0.05, 0.1) is 15.7 Å². The highest BCUT2D eigenvalue weighted by Crippen LogP contribution is 2.34. The van der Waals surface area contributed by atoms with Crippen molar-refractivity contribution in [3.8, 4) is 0 Å².